The van der Waals surface area contributed by atoms with Gasteiger partial charge in [-0.2, -0.15) is 0 Å². The minimum absolute atomic E-state index is 0.163. The lowest BCUT2D eigenvalue weighted by Crippen LogP contribution is -2.35. The highest BCUT2D eigenvalue weighted by Gasteiger charge is 2.27. The standard InChI is InChI=1S/C14H17NO3/c16-13(12-6-8-15-9-7-12)14(17)18-10-11-4-2-1-3-5-11/h1-5,12,15H,6-10H2. The Morgan fingerprint density at radius 2 is 1.83 bits per heavy atom. The molecule has 0 amide bonds. The number of benzene rings is 1. The number of hydrogen-bond acceptors (Lipinski definition) is 4. The molecule has 0 aromatic heterocycles. The quantitative estimate of drug-likeness (QED) is 0.643. The molecule has 0 saturated carbocycles. The van der Waals surface area contributed by atoms with Crippen LogP contribution in [0.15, 0.2) is 30.3 Å². The summed E-state index contributed by atoms with van der Waals surface area (Å²) in [5.74, 6) is -1.26. The van der Waals surface area contributed by atoms with Gasteiger partial charge in [0.15, 0.2) is 0 Å². The summed E-state index contributed by atoms with van der Waals surface area (Å²) in [6.07, 6.45) is 1.44. The largest absolute Gasteiger partial charge is 0.455 e. The lowest BCUT2D eigenvalue weighted by Gasteiger charge is -2.20. The fourth-order valence-corrected chi connectivity index (χ4v) is 2.05. The highest BCUT2D eigenvalue weighted by molar-refractivity contribution is 6.34. The van der Waals surface area contributed by atoms with Crippen molar-refractivity contribution in [3.63, 3.8) is 0 Å². The van der Waals surface area contributed by atoms with Crippen LogP contribution in [-0.2, 0) is 20.9 Å². The van der Waals surface area contributed by atoms with Crippen LogP contribution in [0.4, 0.5) is 0 Å². The van der Waals surface area contributed by atoms with Crippen LogP contribution in [0.3, 0.4) is 0 Å². The Balaban J connectivity index is 1.82. The van der Waals surface area contributed by atoms with Crippen molar-refractivity contribution in [2.45, 2.75) is 19.4 Å². The zero-order valence-corrected chi connectivity index (χ0v) is 10.2. The number of esters is 1. The highest BCUT2D eigenvalue weighted by atomic mass is 16.5. The fraction of sp³-hybridized carbons (Fsp3) is 0.429. The maximum atomic E-state index is 11.8. The van der Waals surface area contributed by atoms with Crippen molar-refractivity contribution < 1.29 is 14.3 Å². The zero-order valence-electron chi connectivity index (χ0n) is 10.2. The van der Waals surface area contributed by atoms with E-state index in [1.165, 1.54) is 0 Å². The SMILES string of the molecule is O=C(OCc1ccccc1)C(=O)C1CCNCC1. The van der Waals surface area contributed by atoms with E-state index in [-0.39, 0.29) is 18.3 Å². The number of ketones is 1. The summed E-state index contributed by atoms with van der Waals surface area (Å²) in [5.41, 5.74) is 0.893. The molecule has 4 nitrogen and oxygen atoms in total. The number of hydrogen-bond donors (Lipinski definition) is 1. The van der Waals surface area contributed by atoms with Crippen LogP contribution in [0.2, 0.25) is 0 Å². The Kier molecular flexibility index (Phi) is 4.47. The van der Waals surface area contributed by atoms with E-state index in [1.54, 1.807) is 0 Å². The summed E-state index contributed by atoms with van der Waals surface area (Å²) in [6.45, 7) is 1.75. The molecule has 0 bridgehead atoms. The molecule has 0 radical (unpaired) electrons. The summed E-state index contributed by atoms with van der Waals surface area (Å²) >= 11 is 0. The maximum Gasteiger partial charge on any atom is 0.375 e. The number of nitrogens with one attached hydrogen (secondary N) is 1. The van der Waals surface area contributed by atoms with Crippen LogP contribution in [0.1, 0.15) is 18.4 Å². The number of carbonyl (C=O) groups is 2. The van der Waals surface area contributed by atoms with Crippen molar-refractivity contribution in [2.75, 3.05) is 13.1 Å². The lowest BCUT2D eigenvalue weighted by molar-refractivity contribution is -0.157. The molecular formula is C14H17NO3. The monoisotopic (exact) mass is 247 g/mol. The van der Waals surface area contributed by atoms with Crippen LogP contribution in [-0.4, -0.2) is 24.8 Å². The van der Waals surface area contributed by atoms with Gasteiger partial charge in [0.1, 0.15) is 6.61 Å². The molecule has 0 unspecified atom stereocenters. The van der Waals surface area contributed by atoms with Gasteiger partial charge in [-0.15, -0.1) is 0 Å². The third kappa shape index (κ3) is 3.40. The van der Waals surface area contributed by atoms with E-state index in [4.69, 9.17) is 4.74 Å². The number of ether oxygens (including phenoxy) is 1. The van der Waals surface area contributed by atoms with Gasteiger partial charge in [0.2, 0.25) is 5.78 Å². The molecule has 1 aliphatic rings. The Bertz CT molecular complexity index is 410. The van der Waals surface area contributed by atoms with Crippen LogP contribution in [0.25, 0.3) is 0 Å². The van der Waals surface area contributed by atoms with E-state index in [0.717, 1.165) is 31.5 Å². The number of Topliss-reactive ketones (excluding diaryl/α,β-unsaturated/α-hetero) is 1. The van der Waals surface area contributed by atoms with Gasteiger partial charge in [0, 0.05) is 5.92 Å². The summed E-state index contributed by atoms with van der Waals surface area (Å²) in [6, 6.07) is 9.37. The molecule has 18 heavy (non-hydrogen) atoms. The first-order chi connectivity index (χ1) is 8.77. The third-order valence-electron chi connectivity index (χ3n) is 3.12. The molecule has 2 rings (SSSR count). The molecule has 1 aromatic carbocycles. The predicted molar refractivity (Wildman–Crippen MR) is 66.8 cm³/mol. The van der Waals surface area contributed by atoms with Crippen molar-refractivity contribution in [1.29, 1.82) is 0 Å². The second-order valence-electron chi connectivity index (χ2n) is 4.45. The average Bonchev–Trinajstić information content (AvgIpc) is 2.46. The van der Waals surface area contributed by atoms with Crippen molar-refractivity contribution >= 4 is 11.8 Å². The van der Waals surface area contributed by atoms with Crippen LogP contribution >= 0.6 is 0 Å². The Morgan fingerprint density at radius 3 is 2.50 bits per heavy atom. The maximum absolute atomic E-state index is 11.8. The zero-order chi connectivity index (χ0) is 12.8. The van der Waals surface area contributed by atoms with Gasteiger partial charge < -0.3 is 10.1 Å². The molecule has 0 aliphatic carbocycles. The van der Waals surface area contributed by atoms with Gasteiger partial charge in [-0.1, -0.05) is 30.3 Å². The molecule has 1 N–H and O–H groups in total. The Morgan fingerprint density at radius 1 is 1.17 bits per heavy atom. The second kappa shape index (κ2) is 6.31. The molecule has 1 saturated heterocycles. The predicted octanol–water partition coefficient (Wildman–Crippen LogP) is 1.30. The first-order valence-electron chi connectivity index (χ1n) is 6.23. The van der Waals surface area contributed by atoms with Crippen molar-refractivity contribution in [3.05, 3.63) is 35.9 Å². The van der Waals surface area contributed by atoms with Crippen LogP contribution in [0.5, 0.6) is 0 Å². The van der Waals surface area contributed by atoms with Crippen molar-refractivity contribution in [2.24, 2.45) is 5.92 Å². The van der Waals surface area contributed by atoms with E-state index < -0.39 is 5.97 Å². The van der Waals surface area contributed by atoms with Gasteiger partial charge in [-0.25, -0.2) is 4.79 Å². The average molecular weight is 247 g/mol. The molecular weight excluding hydrogens is 230 g/mol. The van der Waals surface area contributed by atoms with E-state index in [2.05, 4.69) is 5.32 Å². The molecule has 96 valence electrons. The molecule has 1 heterocycles. The molecule has 0 atom stereocenters. The van der Waals surface area contributed by atoms with Crippen LogP contribution in [0, 0.1) is 5.92 Å². The molecule has 1 aromatic rings. The Labute approximate surface area is 106 Å². The highest BCUT2D eigenvalue weighted by Crippen LogP contribution is 2.14. The van der Waals surface area contributed by atoms with Gasteiger partial charge in [0.05, 0.1) is 0 Å². The van der Waals surface area contributed by atoms with Gasteiger partial charge in [-0.05, 0) is 31.5 Å². The summed E-state index contributed by atoms with van der Waals surface area (Å²) < 4.78 is 5.03. The first-order valence-corrected chi connectivity index (χ1v) is 6.23. The fourth-order valence-electron chi connectivity index (χ4n) is 2.05. The van der Waals surface area contributed by atoms with Crippen molar-refractivity contribution in [1.82, 2.24) is 5.32 Å². The third-order valence-corrected chi connectivity index (χ3v) is 3.12. The minimum Gasteiger partial charge on any atom is -0.455 e. The number of piperidine rings is 1. The summed E-state index contributed by atoms with van der Waals surface area (Å²) in [7, 11) is 0. The van der Waals surface area contributed by atoms with Gasteiger partial charge in [0.25, 0.3) is 0 Å². The van der Waals surface area contributed by atoms with E-state index in [0.29, 0.717) is 0 Å². The first kappa shape index (κ1) is 12.8. The molecule has 4 heteroatoms. The second-order valence-corrected chi connectivity index (χ2v) is 4.45. The van der Waals surface area contributed by atoms with Crippen LogP contribution < -0.4 is 5.32 Å². The van der Waals surface area contributed by atoms with E-state index >= 15 is 0 Å². The molecule has 1 fully saturated rings. The minimum atomic E-state index is -0.703. The lowest BCUT2D eigenvalue weighted by atomic mass is 9.94. The number of rotatable bonds is 4. The normalized spacial score (nSPS) is 16.2. The molecule has 0 spiro atoms. The smallest absolute Gasteiger partial charge is 0.375 e. The summed E-state index contributed by atoms with van der Waals surface area (Å²) in [5, 5.41) is 3.16. The van der Waals surface area contributed by atoms with Gasteiger partial charge >= 0.3 is 5.97 Å². The van der Waals surface area contributed by atoms with Gasteiger partial charge in [-0.3, -0.25) is 4.79 Å². The van der Waals surface area contributed by atoms with E-state index in [1.807, 2.05) is 30.3 Å². The topological polar surface area (TPSA) is 55.4 Å². The Hall–Kier alpha value is -1.68. The summed E-state index contributed by atoms with van der Waals surface area (Å²) in [4.78, 5) is 23.4. The van der Waals surface area contributed by atoms with E-state index in [9.17, 15) is 9.59 Å². The molecule has 1 aliphatic heterocycles. The van der Waals surface area contributed by atoms with Crippen molar-refractivity contribution in [3.8, 4) is 0 Å². The number of carbonyl (C=O) groups excluding carboxylic acids is 2.